The number of carbonyl (C=O) groups is 1. The number of amides is 1. The first kappa shape index (κ1) is 24.1. The molecule has 1 aromatic heterocycles. The Morgan fingerprint density at radius 1 is 1.16 bits per heavy atom. The van der Waals surface area contributed by atoms with Crippen LogP contribution in [0, 0.1) is 0 Å². The third kappa shape index (κ3) is 6.48. The molecule has 0 bridgehead atoms. The number of aromatic nitrogens is 2. The van der Waals surface area contributed by atoms with Gasteiger partial charge in [-0.2, -0.15) is 5.10 Å². The van der Waals surface area contributed by atoms with E-state index in [9.17, 15) is 4.79 Å². The molecule has 1 saturated heterocycles. The molecule has 31 heavy (non-hydrogen) atoms. The second kappa shape index (κ2) is 9.14. The molecule has 2 heterocycles. The van der Waals surface area contributed by atoms with Gasteiger partial charge in [-0.3, -0.25) is 4.68 Å². The largest absolute Gasteiger partial charge is 0.498 e. The number of hydrogen-bond acceptors (Lipinski definition) is 5. The second-order valence-electron chi connectivity index (χ2n) is 10.9. The summed E-state index contributed by atoms with van der Waals surface area (Å²) in [6.45, 7) is 15.5. The van der Waals surface area contributed by atoms with Crippen LogP contribution in [0.4, 0.5) is 4.79 Å². The third-order valence-corrected chi connectivity index (χ3v) is 6.27. The van der Waals surface area contributed by atoms with Crippen LogP contribution in [0.15, 0.2) is 6.20 Å². The molecule has 174 valence electrons. The van der Waals surface area contributed by atoms with Crippen LogP contribution in [0.2, 0.25) is 0 Å². The Balaban J connectivity index is 1.43. The standard InChI is InChI=1S/C23H40BN3O4/c1-21(2,3)29-20(28)25-14-10-8-9-11-15-27-16-18(19(26-27)17-12-13-17)24-30-22(4,5)23(6,7)31-24/h16-17H,8-15H2,1-7H3,(H,25,28). The minimum atomic E-state index is -0.452. The summed E-state index contributed by atoms with van der Waals surface area (Å²) < 4.78 is 19.9. The molecule has 0 radical (unpaired) electrons. The van der Waals surface area contributed by atoms with Crippen molar-refractivity contribution in [3.8, 4) is 0 Å². The SMILES string of the molecule is CC(C)(C)OC(=O)NCCCCCCn1cc(B2OC(C)(C)C(C)(C)O2)c(C2CC2)n1. The molecule has 1 saturated carbocycles. The Hall–Kier alpha value is -1.54. The van der Waals surface area contributed by atoms with Crippen molar-refractivity contribution in [2.24, 2.45) is 0 Å². The molecule has 3 rings (SSSR count). The van der Waals surface area contributed by atoms with Crippen molar-refractivity contribution in [3.05, 3.63) is 11.9 Å². The second-order valence-corrected chi connectivity index (χ2v) is 10.9. The summed E-state index contributed by atoms with van der Waals surface area (Å²) in [6.07, 6.45) is 8.36. The highest BCUT2D eigenvalue weighted by Crippen LogP contribution is 2.41. The van der Waals surface area contributed by atoms with Crippen LogP contribution in [0.1, 0.15) is 98.6 Å². The number of nitrogens with one attached hydrogen (secondary N) is 1. The first-order chi connectivity index (χ1) is 14.4. The molecule has 2 aliphatic rings. The lowest BCUT2D eigenvalue weighted by Gasteiger charge is -2.32. The first-order valence-corrected chi connectivity index (χ1v) is 11.8. The highest BCUT2D eigenvalue weighted by atomic mass is 16.7. The van der Waals surface area contributed by atoms with Gasteiger partial charge in [-0.1, -0.05) is 12.8 Å². The predicted molar refractivity (Wildman–Crippen MR) is 123 cm³/mol. The van der Waals surface area contributed by atoms with Gasteiger partial charge >= 0.3 is 13.2 Å². The number of hydrogen-bond donors (Lipinski definition) is 1. The van der Waals surface area contributed by atoms with Gasteiger partial charge in [-0.05, 0) is 74.1 Å². The Morgan fingerprint density at radius 3 is 2.35 bits per heavy atom. The summed E-state index contributed by atoms with van der Waals surface area (Å²) >= 11 is 0. The van der Waals surface area contributed by atoms with Gasteiger partial charge in [0.1, 0.15) is 5.60 Å². The fourth-order valence-electron chi connectivity index (χ4n) is 3.65. The van der Waals surface area contributed by atoms with Gasteiger partial charge in [0.15, 0.2) is 0 Å². The molecule has 0 unspecified atom stereocenters. The van der Waals surface area contributed by atoms with Crippen molar-refractivity contribution in [2.45, 2.75) is 116 Å². The Morgan fingerprint density at radius 2 is 1.77 bits per heavy atom. The predicted octanol–water partition coefficient (Wildman–Crippen LogP) is 4.14. The van der Waals surface area contributed by atoms with E-state index in [2.05, 4.69) is 43.9 Å². The fourth-order valence-corrected chi connectivity index (χ4v) is 3.65. The quantitative estimate of drug-likeness (QED) is 0.468. The third-order valence-electron chi connectivity index (χ3n) is 6.27. The molecule has 0 atom stereocenters. The van der Waals surface area contributed by atoms with E-state index in [4.69, 9.17) is 19.1 Å². The molecule has 7 nitrogen and oxygen atoms in total. The highest BCUT2D eigenvalue weighted by molar-refractivity contribution is 6.62. The molecule has 1 N–H and O–H groups in total. The molecule has 1 aliphatic heterocycles. The molecular weight excluding hydrogens is 393 g/mol. The van der Waals surface area contributed by atoms with Gasteiger partial charge in [-0.15, -0.1) is 0 Å². The van der Waals surface area contributed by atoms with E-state index in [-0.39, 0.29) is 24.4 Å². The van der Waals surface area contributed by atoms with Crippen LogP contribution in [-0.2, 0) is 20.6 Å². The zero-order valence-corrected chi connectivity index (χ0v) is 20.4. The number of aryl methyl sites for hydroxylation is 1. The van der Waals surface area contributed by atoms with Gasteiger partial charge in [0.05, 0.1) is 16.9 Å². The van der Waals surface area contributed by atoms with Gasteiger partial charge in [-0.25, -0.2) is 4.79 Å². The summed E-state index contributed by atoms with van der Waals surface area (Å²) in [4.78, 5) is 11.7. The van der Waals surface area contributed by atoms with E-state index in [0.29, 0.717) is 12.5 Å². The van der Waals surface area contributed by atoms with E-state index >= 15 is 0 Å². The average Bonchev–Trinajstić information content (AvgIpc) is 3.33. The van der Waals surface area contributed by atoms with Crippen LogP contribution < -0.4 is 10.8 Å². The maximum absolute atomic E-state index is 11.7. The highest BCUT2D eigenvalue weighted by Gasteiger charge is 2.53. The van der Waals surface area contributed by atoms with Crippen molar-refractivity contribution in [3.63, 3.8) is 0 Å². The Bertz CT molecular complexity index is 749. The van der Waals surface area contributed by atoms with Crippen LogP contribution in [-0.4, -0.2) is 46.3 Å². The molecule has 1 amide bonds. The Kier molecular flexibility index (Phi) is 7.11. The fraction of sp³-hybridized carbons (Fsp3) is 0.826. The number of rotatable bonds is 9. The number of alkyl carbamates (subject to hydrolysis) is 1. The summed E-state index contributed by atoms with van der Waals surface area (Å²) in [7, 11) is -0.340. The van der Waals surface area contributed by atoms with Crippen molar-refractivity contribution in [2.75, 3.05) is 6.54 Å². The lowest BCUT2D eigenvalue weighted by molar-refractivity contribution is 0.00578. The number of carbonyl (C=O) groups excluding carboxylic acids is 1. The maximum Gasteiger partial charge on any atom is 0.498 e. The molecule has 1 aliphatic carbocycles. The first-order valence-electron chi connectivity index (χ1n) is 11.8. The van der Waals surface area contributed by atoms with Crippen LogP contribution in [0.25, 0.3) is 0 Å². The maximum atomic E-state index is 11.7. The molecule has 0 aromatic carbocycles. The Labute approximate surface area is 187 Å². The normalized spacial score (nSPS) is 20.2. The van der Waals surface area contributed by atoms with Crippen molar-refractivity contribution < 1.29 is 18.8 Å². The number of ether oxygens (including phenoxy) is 1. The minimum Gasteiger partial charge on any atom is -0.444 e. The van der Waals surface area contributed by atoms with Crippen LogP contribution in [0.3, 0.4) is 0 Å². The number of nitrogens with zero attached hydrogens (tertiary/aromatic N) is 2. The van der Waals surface area contributed by atoms with Gasteiger partial charge in [0.2, 0.25) is 0 Å². The summed E-state index contributed by atoms with van der Waals surface area (Å²) in [5.41, 5.74) is 1.12. The molecule has 2 fully saturated rings. The lowest BCUT2D eigenvalue weighted by Crippen LogP contribution is -2.41. The van der Waals surface area contributed by atoms with Gasteiger partial charge < -0.3 is 19.4 Å². The van der Waals surface area contributed by atoms with E-state index in [1.807, 2.05) is 20.8 Å². The van der Waals surface area contributed by atoms with Gasteiger partial charge in [0.25, 0.3) is 0 Å². The van der Waals surface area contributed by atoms with Crippen LogP contribution in [0.5, 0.6) is 0 Å². The average molecular weight is 433 g/mol. The van der Waals surface area contributed by atoms with Crippen molar-refractivity contribution >= 4 is 18.7 Å². The van der Waals surface area contributed by atoms with E-state index in [1.54, 1.807) is 0 Å². The zero-order valence-electron chi connectivity index (χ0n) is 20.4. The summed E-state index contributed by atoms with van der Waals surface area (Å²) in [6, 6.07) is 0. The van der Waals surface area contributed by atoms with Crippen LogP contribution >= 0.6 is 0 Å². The van der Waals surface area contributed by atoms with E-state index in [0.717, 1.165) is 43.4 Å². The van der Waals surface area contributed by atoms with Crippen molar-refractivity contribution in [1.82, 2.24) is 15.1 Å². The van der Waals surface area contributed by atoms with Crippen molar-refractivity contribution in [1.29, 1.82) is 0 Å². The summed E-state index contributed by atoms with van der Waals surface area (Å²) in [5.74, 6) is 0.550. The van der Waals surface area contributed by atoms with E-state index < -0.39 is 5.60 Å². The molecular formula is C23H40BN3O4. The zero-order chi connectivity index (χ0) is 22.9. The molecule has 1 aromatic rings. The minimum absolute atomic E-state index is 0.339. The monoisotopic (exact) mass is 433 g/mol. The lowest BCUT2D eigenvalue weighted by atomic mass is 9.78. The summed E-state index contributed by atoms with van der Waals surface area (Å²) in [5, 5.41) is 7.70. The topological polar surface area (TPSA) is 74.6 Å². The number of unbranched alkanes of at least 4 members (excludes halogenated alkanes) is 3. The molecule has 0 spiro atoms. The van der Waals surface area contributed by atoms with E-state index in [1.165, 1.54) is 12.8 Å². The smallest absolute Gasteiger partial charge is 0.444 e. The van der Waals surface area contributed by atoms with Gasteiger partial charge in [0, 0.05) is 30.7 Å². The molecule has 8 heteroatoms.